The van der Waals surface area contributed by atoms with E-state index in [0.29, 0.717) is 0 Å². The molecule has 0 bridgehead atoms. The minimum Gasteiger partial charge on any atom is -0.331 e. The molecule has 0 saturated carbocycles. The van der Waals surface area contributed by atoms with E-state index in [1.165, 1.54) is 0 Å². The Morgan fingerprint density at radius 3 is 2.74 bits per heavy atom. The third-order valence-corrected chi connectivity index (χ3v) is 4.04. The van der Waals surface area contributed by atoms with E-state index >= 15 is 0 Å². The zero-order valence-electron chi connectivity index (χ0n) is 11.4. The fourth-order valence-electron chi connectivity index (χ4n) is 2.35. The standard InChI is InChI=1S/C14H20ClN3S/c1-3-17(4-2)8-5-9-18-13-7-6-11(15)10-12(13)16-14(18)19/h6-7,10H,3-5,8-9H2,1-2H3,(H,16,19). The highest BCUT2D eigenvalue weighted by molar-refractivity contribution is 7.71. The minimum atomic E-state index is 0.735. The number of nitrogens with one attached hydrogen (secondary N) is 1. The lowest BCUT2D eigenvalue weighted by Crippen LogP contribution is -2.24. The van der Waals surface area contributed by atoms with Gasteiger partial charge in [-0.15, -0.1) is 0 Å². The molecule has 5 heteroatoms. The lowest BCUT2D eigenvalue weighted by Gasteiger charge is -2.17. The highest BCUT2D eigenvalue weighted by Gasteiger charge is 2.05. The Kier molecular flexibility index (Phi) is 5.02. The molecule has 0 unspecified atom stereocenters. The maximum Gasteiger partial charge on any atom is 0.178 e. The van der Waals surface area contributed by atoms with E-state index in [0.717, 1.165) is 53.4 Å². The first-order valence-corrected chi connectivity index (χ1v) is 7.54. The molecular formula is C14H20ClN3S. The molecule has 1 N–H and O–H groups in total. The summed E-state index contributed by atoms with van der Waals surface area (Å²) in [6, 6.07) is 5.86. The van der Waals surface area contributed by atoms with E-state index in [1.54, 1.807) is 0 Å². The number of H-pyrrole nitrogens is 1. The van der Waals surface area contributed by atoms with E-state index in [-0.39, 0.29) is 0 Å². The molecule has 1 aromatic carbocycles. The van der Waals surface area contributed by atoms with E-state index in [9.17, 15) is 0 Å². The zero-order valence-corrected chi connectivity index (χ0v) is 13.0. The van der Waals surface area contributed by atoms with E-state index in [2.05, 4.69) is 28.3 Å². The molecule has 2 rings (SSSR count). The summed E-state index contributed by atoms with van der Waals surface area (Å²) in [5, 5.41) is 0.735. The number of imidazole rings is 1. The van der Waals surface area contributed by atoms with Crippen LogP contribution in [0.25, 0.3) is 11.0 Å². The fraction of sp³-hybridized carbons (Fsp3) is 0.500. The molecule has 0 amide bonds. The highest BCUT2D eigenvalue weighted by atomic mass is 35.5. The second-order valence-corrected chi connectivity index (χ2v) is 5.45. The maximum absolute atomic E-state index is 5.99. The number of nitrogens with zero attached hydrogens (tertiary/aromatic N) is 2. The smallest absolute Gasteiger partial charge is 0.178 e. The SMILES string of the molecule is CCN(CC)CCCn1c(=S)[nH]c2cc(Cl)ccc21. The summed E-state index contributed by atoms with van der Waals surface area (Å²) in [6.45, 7) is 8.65. The van der Waals surface area contributed by atoms with Crippen molar-refractivity contribution in [2.24, 2.45) is 0 Å². The largest absolute Gasteiger partial charge is 0.331 e. The number of hydrogen-bond donors (Lipinski definition) is 1. The number of aryl methyl sites for hydroxylation is 1. The number of aromatic amines is 1. The van der Waals surface area contributed by atoms with Crippen LogP contribution in [0.1, 0.15) is 20.3 Å². The summed E-state index contributed by atoms with van der Waals surface area (Å²) >= 11 is 11.4. The van der Waals surface area contributed by atoms with Crippen LogP contribution in [0.15, 0.2) is 18.2 Å². The van der Waals surface area contributed by atoms with Gasteiger partial charge in [-0.2, -0.15) is 0 Å². The van der Waals surface area contributed by atoms with Gasteiger partial charge in [0.25, 0.3) is 0 Å². The number of rotatable bonds is 6. The second-order valence-electron chi connectivity index (χ2n) is 4.62. The number of benzene rings is 1. The van der Waals surface area contributed by atoms with Crippen molar-refractivity contribution < 1.29 is 0 Å². The van der Waals surface area contributed by atoms with Crippen LogP contribution in [-0.2, 0) is 6.54 Å². The molecule has 2 aromatic rings. The molecule has 104 valence electrons. The molecule has 1 aromatic heterocycles. The molecule has 19 heavy (non-hydrogen) atoms. The van der Waals surface area contributed by atoms with Crippen molar-refractivity contribution in [1.29, 1.82) is 0 Å². The van der Waals surface area contributed by atoms with Gasteiger partial charge < -0.3 is 14.5 Å². The number of halogens is 1. The van der Waals surface area contributed by atoms with Crippen LogP contribution in [-0.4, -0.2) is 34.1 Å². The second kappa shape index (κ2) is 6.55. The lowest BCUT2D eigenvalue weighted by atomic mass is 10.3. The van der Waals surface area contributed by atoms with Crippen molar-refractivity contribution in [3.05, 3.63) is 28.0 Å². The molecule has 0 saturated heterocycles. The average Bonchev–Trinajstić information content (AvgIpc) is 2.70. The van der Waals surface area contributed by atoms with Gasteiger partial charge in [-0.3, -0.25) is 0 Å². The molecule has 3 nitrogen and oxygen atoms in total. The predicted octanol–water partition coefficient (Wildman–Crippen LogP) is 4.08. The van der Waals surface area contributed by atoms with E-state index in [1.807, 2.05) is 18.2 Å². The summed E-state index contributed by atoms with van der Waals surface area (Å²) in [7, 11) is 0. The Hall–Kier alpha value is -0.840. The molecule has 0 aliphatic rings. The van der Waals surface area contributed by atoms with E-state index in [4.69, 9.17) is 23.8 Å². The molecule has 1 heterocycles. The molecule has 0 radical (unpaired) electrons. The third kappa shape index (κ3) is 3.38. The average molecular weight is 298 g/mol. The normalized spacial score (nSPS) is 11.6. The number of aromatic nitrogens is 2. The monoisotopic (exact) mass is 297 g/mol. The Bertz CT molecular complexity index is 598. The third-order valence-electron chi connectivity index (χ3n) is 3.49. The first-order valence-electron chi connectivity index (χ1n) is 6.76. The van der Waals surface area contributed by atoms with Gasteiger partial charge >= 0.3 is 0 Å². The molecule has 0 aliphatic heterocycles. The van der Waals surface area contributed by atoms with Gasteiger partial charge in [0.05, 0.1) is 11.0 Å². The Morgan fingerprint density at radius 1 is 1.32 bits per heavy atom. The maximum atomic E-state index is 5.99. The Balaban J connectivity index is 2.12. The topological polar surface area (TPSA) is 24.0 Å². The van der Waals surface area contributed by atoms with Gasteiger partial charge in [0, 0.05) is 11.6 Å². The summed E-state index contributed by atoms with van der Waals surface area (Å²) in [6.07, 6.45) is 1.10. The molecule has 0 aliphatic carbocycles. The summed E-state index contributed by atoms with van der Waals surface area (Å²) in [5.74, 6) is 0. The predicted molar refractivity (Wildman–Crippen MR) is 84.5 cm³/mol. The highest BCUT2D eigenvalue weighted by Crippen LogP contribution is 2.19. The molecular weight excluding hydrogens is 278 g/mol. The number of hydrogen-bond acceptors (Lipinski definition) is 2. The van der Waals surface area contributed by atoms with Crippen LogP contribution in [0.2, 0.25) is 5.02 Å². The van der Waals surface area contributed by atoms with Crippen molar-refractivity contribution in [2.75, 3.05) is 19.6 Å². The van der Waals surface area contributed by atoms with Gasteiger partial charge in [0.2, 0.25) is 0 Å². The van der Waals surface area contributed by atoms with Crippen molar-refractivity contribution in [1.82, 2.24) is 14.5 Å². The first kappa shape index (κ1) is 14.6. The van der Waals surface area contributed by atoms with Crippen LogP contribution in [0, 0.1) is 4.77 Å². The van der Waals surface area contributed by atoms with Gasteiger partial charge in [0.1, 0.15) is 0 Å². The van der Waals surface area contributed by atoms with Crippen molar-refractivity contribution in [3.8, 4) is 0 Å². The van der Waals surface area contributed by atoms with Gasteiger partial charge in [-0.25, -0.2) is 0 Å². The van der Waals surface area contributed by atoms with Crippen molar-refractivity contribution in [3.63, 3.8) is 0 Å². The molecule has 0 spiro atoms. The fourth-order valence-corrected chi connectivity index (χ4v) is 2.82. The lowest BCUT2D eigenvalue weighted by molar-refractivity contribution is 0.293. The van der Waals surface area contributed by atoms with Gasteiger partial charge in [0.15, 0.2) is 4.77 Å². The van der Waals surface area contributed by atoms with E-state index < -0.39 is 0 Å². The van der Waals surface area contributed by atoms with Crippen LogP contribution >= 0.6 is 23.8 Å². The van der Waals surface area contributed by atoms with Crippen LogP contribution in [0.4, 0.5) is 0 Å². The van der Waals surface area contributed by atoms with Crippen LogP contribution in [0.3, 0.4) is 0 Å². The van der Waals surface area contributed by atoms with Crippen molar-refractivity contribution >= 4 is 34.9 Å². The van der Waals surface area contributed by atoms with Crippen LogP contribution < -0.4 is 0 Å². The quantitative estimate of drug-likeness (QED) is 0.812. The molecule has 0 atom stereocenters. The summed E-state index contributed by atoms with van der Waals surface area (Å²) < 4.78 is 2.93. The molecule has 0 fully saturated rings. The van der Waals surface area contributed by atoms with Gasteiger partial charge in [-0.1, -0.05) is 25.4 Å². The summed E-state index contributed by atoms with van der Waals surface area (Å²) in [4.78, 5) is 5.64. The number of fused-ring (bicyclic) bond motifs is 1. The van der Waals surface area contributed by atoms with Crippen molar-refractivity contribution in [2.45, 2.75) is 26.8 Å². The minimum absolute atomic E-state index is 0.735. The summed E-state index contributed by atoms with van der Waals surface area (Å²) in [5.41, 5.74) is 2.15. The Labute approximate surface area is 124 Å². The van der Waals surface area contributed by atoms with Gasteiger partial charge in [-0.05, 0) is 56.5 Å². The Morgan fingerprint density at radius 2 is 2.05 bits per heavy atom. The van der Waals surface area contributed by atoms with Crippen LogP contribution in [0.5, 0.6) is 0 Å². The first-order chi connectivity index (χ1) is 9.15. The zero-order chi connectivity index (χ0) is 13.8.